The molecule has 0 aromatic rings. The van der Waals surface area contributed by atoms with E-state index in [0.29, 0.717) is 11.8 Å². The zero-order valence-corrected chi connectivity index (χ0v) is 8.18. The first kappa shape index (κ1) is 8.51. The van der Waals surface area contributed by atoms with E-state index in [1.54, 1.807) is 0 Å². The maximum Gasteiger partial charge on any atom is 0.183 e. The second-order valence-electron chi connectivity index (χ2n) is 3.77. The summed E-state index contributed by atoms with van der Waals surface area (Å²) < 4.78 is 2.27. The summed E-state index contributed by atoms with van der Waals surface area (Å²) in [5, 5.41) is 0. The van der Waals surface area contributed by atoms with Crippen molar-refractivity contribution >= 4 is 6.21 Å². The van der Waals surface area contributed by atoms with Crippen molar-refractivity contribution in [2.75, 3.05) is 7.05 Å². The average molecular weight is 152 g/mol. The van der Waals surface area contributed by atoms with Crippen molar-refractivity contribution < 1.29 is 4.58 Å². The quantitative estimate of drug-likeness (QED) is 0.507. The maximum atomic E-state index is 2.28. The first-order valence-corrected chi connectivity index (χ1v) is 4.32. The summed E-state index contributed by atoms with van der Waals surface area (Å²) >= 11 is 0. The van der Waals surface area contributed by atoms with Crippen LogP contribution in [0, 0.1) is 11.8 Å². The van der Waals surface area contributed by atoms with Gasteiger partial charge in [0.05, 0.1) is 5.92 Å². The van der Waals surface area contributed by atoms with Crippen molar-refractivity contribution in [3.05, 3.63) is 11.3 Å². The van der Waals surface area contributed by atoms with Crippen LogP contribution in [-0.4, -0.2) is 17.8 Å². The lowest BCUT2D eigenvalue weighted by Crippen LogP contribution is -2.07. The summed E-state index contributed by atoms with van der Waals surface area (Å²) in [5.41, 5.74) is 3.03. The topological polar surface area (TPSA) is 3.01 Å². The molecule has 1 aliphatic heterocycles. The molecule has 0 bridgehead atoms. The SMILES string of the molecule is CC1=C(C(C)C)[N+](C)=CC1C. The van der Waals surface area contributed by atoms with Gasteiger partial charge in [-0.25, -0.2) is 4.58 Å². The van der Waals surface area contributed by atoms with Crippen molar-refractivity contribution in [2.24, 2.45) is 11.8 Å². The summed E-state index contributed by atoms with van der Waals surface area (Å²) in [5.74, 6) is 1.29. The van der Waals surface area contributed by atoms with Crippen LogP contribution in [0.5, 0.6) is 0 Å². The average Bonchev–Trinajstić information content (AvgIpc) is 2.07. The van der Waals surface area contributed by atoms with Crippen molar-refractivity contribution in [1.29, 1.82) is 0 Å². The van der Waals surface area contributed by atoms with Gasteiger partial charge in [0.15, 0.2) is 11.9 Å². The Hall–Kier alpha value is -0.590. The summed E-state index contributed by atoms with van der Waals surface area (Å²) in [7, 11) is 2.14. The Kier molecular flexibility index (Phi) is 2.17. The fraction of sp³-hybridized carbons (Fsp3) is 0.700. The molecular formula is C10H18N+. The fourth-order valence-corrected chi connectivity index (χ4v) is 1.90. The Morgan fingerprint density at radius 1 is 1.45 bits per heavy atom. The number of nitrogens with zero attached hydrogens (tertiary/aromatic N) is 1. The lowest BCUT2D eigenvalue weighted by Gasteiger charge is -2.03. The van der Waals surface area contributed by atoms with E-state index in [-0.39, 0.29) is 0 Å². The van der Waals surface area contributed by atoms with Crippen molar-refractivity contribution in [3.8, 4) is 0 Å². The monoisotopic (exact) mass is 152 g/mol. The largest absolute Gasteiger partial charge is 0.208 e. The van der Waals surface area contributed by atoms with Gasteiger partial charge in [-0.3, -0.25) is 0 Å². The second kappa shape index (κ2) is 2.80. The third-order valence-electron chi connectivity index (χ3n) is 2.46. The van der Waals surface area contributed by atoms with Gasteiger partial charge in [0.2, 0.25) is 0 Å². The number of allylic oxidation sites excluding steroid dienone is 2. The van der Waals surface area contributed by atoms with Crippen LogP contribution >= 0.6 is 0 Å². The molecule has 62 valence electrons. The zero-order valence-electron chi connectivity index (χ0n) is 8.18. The molecule has 1 aliphatic rings. The van der Waals surface area contributed by atoms with Crippen LogP contribution in [0.1, 0.15) is 27.7 Å². The second-order valence-corrected chi connectivity index (χ2v) is 3.77. The van der Waals surface area contributed by atoms with Crippen LogP contribution in [0.25, 0.3) is 0 Å². The molecule has 1 rings (SSSR count). The molecule has 0 aromatic carbocycles. The standard InChI is InChI=1S/C10H18N/c1-7(2)10-9(4)8(3)6-11(10)5/h6-8H,1-5H3/q+1. The van der Waals surface area contributed by atoms with E-state index < -0.39 is 0 Å². The van der Waals surface area contributed by atoms with Gasteiger partial charge in [0, 0.05) is 11.5 Å². The molecule has 0 saturated heterocycles. The molecular weight excluding hydrogens is 134 g/mol. The zero-order chi connectivity index (χ0) is 8.59. The maximum absolute atomic E-state index is 2.28. The van der Waals surface area contributed by atoms with Gasteiger partial charge in [-0.1, -0.05) is 13.8 Å². The van der Waals surface area contributed by atoms with E-state index in [2.05, 4.69) is 45.5 Å². The van der Waals surface area contributed by atoms with E-state index in [9.17, 15) is 0 Å². The molecule has 1 nitrogen and oxygen atoms in total. The minimum absolute atomic E-state index is 0.636. The highest BCUT2D eigenvalue weighted by atomic mass is 15.0. The first-order valence-electron chi connectivity index (χ1n) is 4.32. The Bertz CT molecular complexity index is 221. The van der Waals surface area contributed by atoms with E-state index in [4.69, 9.17) is 0 Å². The van der Waals surface area contributed by atoms with E-state index >= 15 is 0 Å². The minimum Gasteiger partial charge on any atom is -0.208 e. The van der Waals surface area contributed by atoms with Crippen LogP contribution < -0.4 is 0 Å². The molecule has 0 spiro atoms. The third-order valence-corrected chi connectivity index (χ3v) is 2.46. The summed E-state index contributed by atoms with van der Waals surface area (Å²) in [6.07, 6.45) is 2.28. The lowest BCUT2D eigenvalue weighted by atomic mass is 10.00. The van der Waals surface area contributed by atoms with Crippen LogP contribution in [-0.2, 0) is 0 Å². The van der Waals surface area contributed by atoms with Crippen LogP contribution in [0.4, 0.5) is 0 Å². The van der Waals surface area contributed by atoms with Gasteiger partial charge in [-0.05, 0) is 13.8 Å². The van der Waals surface area contributed by atoms with Crippen molar-refractivity contribution in [3.63, 3.8) is 0 Å². The van der Waals surface area contributed by atoms with Gasteiger partial charge >= 0.3 is 0 Å². The molecule has 0 amide bonds. The van der Waals surface area contributed by atoms with Gasteiger partial charge in [-0.15, -0.1) is 0 Å². The molecule has 1 heteroatoms. The highest BCUT2D eigenvalue weighted by molar-refractivity contribution is 5.63. The van der Waals surface area contributed by atoms with Gasteiger partial charge < -0.3 is 0 Å². The summed E-state index contributed by atoms with van der Waals surface area (Å²) in [4.78, 5) is 0. The van der Waals surface area contributed by atoms with Crippen molar-refractivity contribution in [1.82, 2.24) is 0 Å². The highest BCUT2D eigenvalue weighted by Crippen LogP contribution is 2.24. The molecule has 0 aliphatic carbocycles. The number of hydrogen-bond donors (Lipinski definition) is 0. The predicted molar refractivity (Wildman–Crippen MR) is 49.0 cm³/mol. The summed E-state index contributed by atoms with van der Waals surface area (Å²) in [6.45, 7) is 8.99. The fourth-order valence-electron chi connectivity index (χ4n) is 1.90. The molecule has 1 heterocycles. The Balaban J connectivity index is 3.00. The van der Waals surface area contributed by atoms with Crippen molar-refractivity contribution in [2.45, 2.75) is 27.7 Å². The van der Waals surface area contributed by atoms with E-state index in [1.165, 1.54) is 11.3 Å². The molecule has 11 heavy (non-hydrogen) atoms. The van der Waals surface area contributed by atoms with Crippen LogP contribution in [0.3, 0.4) is 0 Å². The molecule has 0 saturated carbocycles. The normalized spacial score (nSPS) is 24.9. The predicted octanol–water partition coefficient (Wildman–Crippen LogP) is 2.28. The number of hydrogen-bond acceptors (Lipinski definition) is 0. The third kappa shape index (κ3) is 1.37. The molecule has 0 aromatic heterocycles. The van der Waals surface area contributed by atoms with Gasteiger partial charge in [0.1, 0.15) is 7.05 Å². The smallest absolute Gasteiger partial charge is 0.183 e. The Morgan fingerprint density at radius 2 is 2.00 bits per heavy atom. The molecule has 0 radical (unpaired) electrons. The van der Waals surface area contributed by atoms with Gasteiger partial charge in [-0.2, -0.15) is 0 Å². The molecule has 1 unspecified atom stereocenters. The molecule has 1 atom stereocenters. The van der Waals surface area contributed by atoms with E-state index in [0.717, 1.165) is 0 Å². The number of rotatable bonds is 1. The van der Waals surface area contributed by atoms with E-state index in [1.807, 2.05) is 0 Å². The summed E-state index contributed by atoms with van der Waals surface area (Å²) in [6, 6.07) is 0. The highest BCUT2D eigenvalue weighted by Gasteiger charge is 2.27. The van der Waals surface area contributed by atoms with Crippen LogP contribution in [0.2, 0.25) is 0 Å². The van der Waals surface area contributed by atoms with Gasteiger partial charge in [0.25, 0.3) is 0 Å². The Labute approximate surface area is 69.4 Å². The lowest BCUT2D eigenvalue weighted by molar-refractivity contribution is -0.443. The molecule has 0 N–H and O–H groups in total. The van der Waals surface area contributed by atoms with Crippen LogP contribution in [0.15, 0.2) is 11.3 Å². The first-order chi connectivity index (χ1) is 5.04. The Morgan fingerprint density at radius 3 is 2.18 bits per heavy atom. The minimum atomic E-state index is 0.636. The molecule has 0 fully saturated rings.